The first-order valence-corrected chi connectivity index (χ1v) is 7.65. The number of nitrogens with one attached hydrogen (secondary N) is 1. The van der Waals surface area contributed by atoms with Crippen LogP contribution in [0.5, 0.6) is 0 Å². The lowest BCUT2D eigenvalue weighted by atomic mass is 9.91. The summed E-state index contributed by atoms with van der Waals surface area (Å²) in [4.78, 5) is 17.1. The maximum absolute atomic E-state index is 12.3. The lowest BCUT2D eigenvalue weighted by Gasteiger charge is -2.31. The third-order valence-electron chi connectivity index (χ3n) is 4.18. The van der Waals surface area contributed by atoms with E-state index in [1.807, 2.05) is 12.1 Å². The largest absolute Gasteiger partial charge is 0.295 e. The van der Waals surface area contributed by atoms with Crippen LogP contribution in [0.2, 0.25) is 0 Å². The number of halogens is 1. The molecule has 0 unspecified atom stereocenters. The van der Waals surface area contributed by atoms with Crippen LogP contribution in [0, 0.1) is 0 Å². The summed E-state index contributed by atoms with van der Waals surface area (Å²) in [6.45, 7) is 0. The van der Waals surface area contributed by atoms with Crippen LogP contribution in [0.1, 0.15) is 34.5 Å². The van der Waals surface area contributed by atoms with Gasteiger partial charge in [0.05, 0.1) is 16.8 Å². The highest BCUT2D eigenvalue weighted by atomic mass is 79.9. The first-order valence-electron chi connectivity index (χ1n) is 6.85. The van der Waals surface area contributed by atoms with Crippen LogP contribution in [0.15, 0.2) is 16.6 Å². The number of carbonyl (C=O) groups excluding carboxylic acids is 1. The summed E-state index contributed by atoms with van der Waals surface area (Å²) in [5, 5.41) is 2.53. The Bertz CT molecular complexity index is 757. The molecule has 1 aromatic carbocycles. The molecule has 2 aromatic rings. The summed E-state index contributed by atoms with van der Waals surface area (Å²) in [7, 11) is 1.77. The van der Waals surface area contributed by atoms with Crippen LogP contribution >= 0.6 is 15.9 Å². The van der Waals surface area contributed by atoms with Crippen molar-refractivity contribution in [1.82, 2.24) is 9.99 Å². The highest BCUT2D eigenvalue weighted by Gasteiger charge is 2.29. The van der Waals surface area contributed by atoms with Crippen molar-refractivity contribution >= 4 is 38.4 Å². The number of amides is 1. The number of rotatable bonds is 0. The molecule has 0 saturated heterocycles. The van der Waals surface area contributed by atoms with E-state index in [-0.39, 0.29) is 5.91 Å². The van der Waals surface area contributed by atoms with Crippen molar-refractivity contribution in [1.29, 1.82) is 0 Å². The first kappa shape index (κ1) is 12.1. The number of aromatic nitrogens is 1. The van der Waals surface area contributed by atoms with Gasteiger partial charge in [0.1, 0.15) is 0 Å². The van der Waals surface area contributed by atoms with E-state index in [1.54, 1.807) is 12.1 Å². The van der Waals surface area contributed by atoms with E-state index in [4.69, 9.17) is 4.98 Å². The van der Waals surface area contributed by atoms with Gasteiger partial charge in [-0.15, -0.1) is 0 Å². The minimum absolute atomic E-state index is 0.00689. The normalized spacial score (nSPS) is 17.1. The van der Waals surface area contributed by atoms with Gasteiger partial charge in [-0.2, -0.15) is 0 Å². The van der Waals surface area contributed by atoms with Crippen LogP contribution in [0.4, 0.5) is 5.69 Å². The Morgan fingerprint density at radius 1 is 1.30 bits per heavy atom. The minimum Gasteiger partial charge on any atom is -0.295 e. The Hall–Kier alpha value is -1.62. The van der Waals surface area contributed by atoms with Crippen molar-refractivity contribution in [3.05, 3.63) is 33.4 Å². The fraction of sp³-hybridized carbons (Fsp3) is 0.333. The zero-order valence-corrected chi connectivity index (χ0v) is 12.7. The number of anilines is 1. The van der Waals surface area contributed by atoms with Gasteiger partial charge in [-0.3, -0.25) is 20.2 Å². The second kappa shape index (κ2) is 4.19. The molecule has 1 amide bonds. The molecule has 1 aliphatic carbocycles. The second-order valence-electron chi connectivity index (χ2n) is 5.41. The Morgan fingerprint density at radius 3 is 2.95 bits per heavy atom. The molecular weight excluding hydrogens is 318 g/mol. The Balaban J connectivity index is 2.16. The molecular formula is C15H14BrN3O. The van der Waals surface area contributed by atoms with Crippen molar-refractivity contribution in [2.24, 2.45) is 0 Å². The van der Waals surface area contributed by atoms with Gasteiger partial charge < -0.3 is 0 Å². The number of nitrogens with zero attached hydrogens (tertiary/aromatic N) is 2. The van der Waals surface area contributed by atoms with Crippen molar-refractivity contribution in [2.45, 2.75) is 25.7 Å². The van der Waals surface area contributed by atoms with Gasteiger partial charge in [-0.05, 0) is 59.3 Å². The van der Waals surface area contributed by atoms with Gasteiger partial charge in [-0.25, -0.2) is 0 Å². The smallest absolute Gasteiger partial charge is 0.272 e. The number of pyridine rings is 1. The number of aryl methyl sites for hydroxylation is 1. The third kappa shape index (κ3) is 1.53. The fourth-order valence-electron chi connectivity index (χ4n) is 3.20. The lowest BCUT2D eigenvalue weighted by Crippen LogP contribution is -2.36. The molecule has 4 nitrogen and oxygen atoms in total. The highest BCUT2D eigenvalue weighted by Crippen LogP contribution is 2.40. The zero-order valence-electron chi connectivity index (χ0n) is 11.2. The van der Waals surface area contributed by atoms with Crippen LogP contribution in [-0.2, 0) is 12.8 Å². The predicted molar refractivity (Wildman–Crippen MR) is 81.8 cm³/mol. The molecule has 102 valence electrons. The van der Waals surface area contributed by atoms with Crippen LogP contribution in [0.25, 0.3) is 10.9 Å². The van der Waals surface area contributed by atoms with Gasteiger partial charge in [0.15, 0.2) is 0 Å². The molecule has 4 rings (SSSR count). The number of hydrogen-bond donors (Lipinski definition) is 1. The van der Waals surface area contributed by atoms with Crippen LogP contribution in [0.3, 0.4) is 0 Å². The molecule has 0 spiro atoms. The highest BCUT2D eigenvalue weighted by molar-refractivity contribution is 9.10. The molecule has 0 atom stereocenters. The maximum atomic E-state index is 12.3. The van der Waals surface area contributed by atoms with E-state index >= 15 is 0 Å². The summed E-state index contributed by atoms with van der Waals surface area (Å²) in [5.41, 5.74) is 8.41. The third-order valence-corrected chi connectivity index (χ3v) is 4.82. The van der Waals surface area contributed by atoms with Crippen LogP contribution in [-0.4, -0.2) is 22.9 Å². The van der Waals surface area contributed by atoms with Gasteiger partial charge in [-0.1, -0.05) is 0 Å². The Labute approximate surface area is 125 Å². The quantitative estimate of drug-likeness (QED) is 0.805. The van der Waals surface area contributed by atoms with E-state index in [0.29, 0.717) is 0 Å². The Morgan fingerprint density at radius 2 is 2.10 bits per heavy atom. The summed E-state index contributed by atoms with van der Waals surface area (Å²) in [6, 6.07) is 3.80. The first-order chi connectivity index (χ1) is 9.66. The van der Waals surface area contributed by atoms with Crippen molar-refractivity contribution < 1.29 is 4.79 Å². The van der Waals surface area contributed by atoms with E-state index in [0.717, 1.165) is 39.5 Å². The summed E-state index contributed by atoms with van der Waals surface area (Å²) in [5.74, 6) is -0.00689. The van der Waals surface area contributed by atoms with E-state index in [9.17, 15) is 4.79 Å². The molecule has 0 fully saturated rings. The zero-order chi connectivity index (χ0) is 13.9. The summed E-state index contributed by atoms with van der Waals surface area (Å²) < 4.78 is 0.949. The van der Waals surface area contributed by atoms with Crippen molar-refractivity contribution in [3.63, 3.8) is 0 Å². The van der Waals surface area contributed by atoms with Gasteiger partial charge in [0.25, 0.3) is 5.91 Å². The fourth-order valence-corrected chi connectivity index (χ4v) is 3.62. The van der Waals surface area contributed by atoms with Crippen molar-refractivity contribution in [2.75, 3.05) is 12.5 Å². The molecule has 5 heteroatoms. The standard InChI is InChI=1S/C15H14BrN3O/c1-19-15(20)9-6-7-10(16)14-12(9)13(18-19)8-4-2-3-5-11(8)17-14/h6-7,18H,2-5H2,1H3. The minimum atomic E-state index is -0.00689. The number of carbonyl (C=O) groups is 1. The van der Waals surface area contributed by atoms with Gasteiger partial charge >= 0.3 is 0 Å². The topological polar surface area (TPSA) is 45.2 Å². The molecule has 0 radical (unpaired) electrons. The SMILES string of the molecule is CN1Nc2c3c(nc4c(Br)ccc(c24)C1=O)CCCC3. The van der Waals surface area contributed by atoms with E-state index in [2.05, 4.69) is 21.4 Å². The van der Waals surface area contributed by atoms with Crippen molar-refractivity contribution in [3.8, 4) is 0 Å². The summed E-state index contributed by atoms with van der Waals surface area (Å²) in [6.07, 6.45) is 4.44. The summed E-state index contributed by atoms with van der Waals surface area (Å²) >= 11 is 3.57. The Kier molecular flexibility index (Phi) is 2.54. The van der Waals surface area contributed by atoms with Crippen LogP contribution < -0.4 is 5.43 Å². The number of fused-ring (bicyclic) bond motifs is 2. The molecule has 1 N–H and O–H groups in total. The van der Waals surface area contributed by atoms with E-state index in [1.165, 1.54) is 24.1 Å². The number of hydrazine groups is 1. The van der Waals surface area contributed by atoms with Gasteiger partial charge in [0.2, 0.25) is 0 Å². The number of benzene rings is 1. The monoisotopic (exact) mass is 331 g/mol. The number of hydrogen-bond acceptors (Lipinski definition) is 3. The molecule has 2 heterocycles. The maximum Gasteiger partial charge on any atom is 0.272 e. The average molecular weight is 332 g/mol. The molecule has 2 aliphatic rings. The molecule has 20 heavy (non-hydrogen) atoms. The second-order valence-corrected chi connectivity index (χ2v) is 6.27. The molecule has 1 aliphatic heterocycles. The van der Waals surface area contributed by atoms with E-state index < -0.39 is 0 Å². The average Bonchev–Trinajstić information content (AvgIpc) is 2.46. The van der Waals surface area contributed by atoms with Gasteiger partial charge in [0, 0.05) is 22.6 Å². The molecule has 0 bridgehead atoms. The lowest BCUT2D eigenvalue weighted by molar-refractivity contribution is 0.0824. The molecule has 1 aromatic heterocycles. The molecule has 0 saturated carbocycles. The predicted octanol–water partition coefficient (Wildman–Crippen LogP) is 3.29.